The summed E-state index contributed by atoms with van der Waals surface area (Å²) in [5.74, 6) is 1.16. The standard InChI is InChI=1S/C22H21N3O4/c1-15(26)16-7-9-17(10-8-16)24-18-11-12-21(23-13-18)25-22(27)14-29-20-6-4-3-5-19(20)28-2/h3-13,24H,14H2,1-2H3,(H,23,25,27). The van der Waals surface area contributed by atoms with Crippen molar-refractivity contribution in [1.29, 1.82) is 0 Å². The third kappa shape index (κ3) is 5.55. The van der Waals surface area contributed by atoms with Crippen LogP contribution in [-0.4, -0.2) is 30.4 Å². The van der Waals surface area contributed by atoms with E-state index in [0.717, 1.165) is 11.4 Å². The summed E-state index contributed by atoms with van der Waals surface area (Å²) in [6.45, 7) is 1.37. The third-order valence-electron chi connectivity index (χ3n) is 4.04. The van der Waals surface area contributed by atoms with Crippen molar-refractivity contribution < 1.29 is 19.1 Å². The second-order valence-electron chi connectivity index (χ2n) is 6.18. The van der Waals surface area contributed by atoms with Gasteiger partial charge in [0.1, 0.15) is 5.82 Å². The van der Waals surface area contributed by atoms with Crippen molar-refractivity contribution in [3.05, 3.63) is 72.4 Å². The lowest BCUT2D eigenvalue weighted by Gasteiger charge is -2.11. The zero-order chi connectivity index (χ0) is 20.6. The number of hydrogen-bond acceptors (Lipinski definition) is 6. The van der Waals surface area contributed by atoms with Gasteiger partial charge in [0.25, 0.3) is 5.91 Å². The smallest absolute Gasteiger partial charge is 0.263 e. The van der Waals surface area contributed by atoms with Crippen LogP contribution >= 0.6 is 0 Å². The summed E-state index contributed by atoms with van der Waals surface area (Å²) in [5, 5.41) is 5.86. The minimum Gasteiger partial charge on any atom is -0.493 e. The summed E-state index contributed by atoms with van der Waals surface area (Å²) in [6.07, 6.45) is 1.61. The molecule has 0 atom stereocenters. The summed E-state index contributed by atoms with van der Waals surface area (Å²) in [5.41, 5.74) is 2.24. The van der Waals surface area contributed by atoms with Gasteiger partial charge in [-0.3, -0.25) is 9.59 Å². The Morgan fingerprint density at radius 1 is 0.931 bits per heavy atom. The Hall–Kier alpha value is -3.87. The van der Waals surface area contributed by atoms with Crippen LogP contribution in [0, 0.1) is 0 Å². The maximum absolute atomic E-state index is 12.1. The number of benzene rings is 2. The normalized spacial score (nSPS) is 10.1. The maximum Gasteiger partial charge on any atom is 0.263 e. The number of carbonyl (C=O) groups excluding carboxylic acids is 2. The number of nitrogens with zero attached hydrogens (tertiary/aromatic N) is 1. The molecule has 0 unspecified atom stereocenters. The van der Waals surface area contributed by atoms with Crippen LogP contribution in [0.5, 0.6) is 11.5 Å². The molecule has 3 rings (SSSR count). The lowest BCUT2D eigenvalue weighted by molar-refractivity contribution is -0.118. The molecule has 1 heterocycles. The lowest BCUT2D eigenvalue weighted by Crippen LogP contribution is -2.20. The minimum atomic E-state index is -0.330. The molecular weight excluding hydrogens is 370 g/mol. The number of amides is 1. The number of hydrogen-bond donors (Lipinski definition) is 2. The van der Waals surface area contributed by atoms with E-state index in [9.17, 15) is 9.59 Å². The van der Waals surface area contributed by atoms with Gasteiger partial charge in [0.15, 0.2) is 23.9 Å². The molecule has 2 aromatic carbocycles. The first-order valence-corrected chi connectivity index (χ1v) is 8.95. The number of ketones is 1. The summed E-state index contributed by atoms with van der Waals surface area (Å²) >= 11 is 0. The molecule has 0 radical (unpaired) electrons. The molecule has 29 heavy (non-hydrogen) atoms. The van der Waals surface area contributed by atoms with Crippen molar-refractivity contribution in [3.8, 4) is 11.5 Å². The molecule has 0 aliphatic rings. The number of rotatable bonds is 8. The Labute approximate surface area is 168 Å². The molecule has 7 nitrogen and oxygen atoms in total. The van der Waals surface area contributed by atoms with E-state index in [1.54, 1.807) is 55.8 Å². The van der Waals surface area contributed by atoms with E-state index in [1.165, 1.54) is 6.92 Å². The van der Waals surface area contributed by atoms with Crippen molar-refractivity contribution in [1.82, 2.24) is 4.98 Å². The molecule has 0 aliphatic heterocycles. The van der Waals surface area contributed by atoms with Crippen LogP contribution in [0.25, 0.3) is 0 Å². The van der Waals surface area contributed by atoms with E-state index >= 15 is 0 Å². The van der Waals surface area contributed by atoms with Gasteiger partial charge in [-0.1, -0.05) is 12.1 Å². The van der Waals surface area contributed by atoms with Crippen LogP contribution in [0.2, 0.25) is 0 Å². The zero-order valence-electron chi connectivity index (χ0n) is 16.1. The first-order valence-electron chi connectivity index (χ1n) is 8.95. The van der Waals surface area contributed by atoms with Crippen LogP contribution in [0.3, 0.4) is 0 Å². The van der Waals surface area contributed by atoms with Gasteiger partial charge in [-0.2, -0.15) is 0 Å². The Morgan fingerprint density at radius 3 is 2.24 bits per heavy atom. The molecule has 0 fully saturated rings. The van der Waals surface area contributed by atoms with Crippen molar-refractivity contribution in [2.24, 2.45) is 0 Å². The fraction of sp³-hybridized carbons (Fsp3) is 0.136. The van der Waals surface area contributed by atoms with Gasteiger partial charge in [-0.15, -0.1) is 0 Å². The molecule has 0 saturated carbocycles. The number of pyridine rings is 1. The molecular formula is C22H21N3O4. The Morgan fingerprint density at radius 2 is 1.62 bits per heavy atom. The number of carbonyl (C=O) groups is 2. The summed E-state index contributed by atoms with van der Waals surface area (Å²) in [7, 11) is 1.54. The topological polar surface area (TPSA) is 89.5 Å². The second kappa shape index (κ2) is 9.36. The third-order valence-corrected chi connectivity index (χ3v) is 4.04. The maximum atomic E-state index is 12.1. The number of methoxy groups -OCH3 is 1. The van der Waals surface area contributed by atoms with E-state index in [-0.39, 0.29) is 18.3 Å². The first-order chi connectivity index (χ1) is 14.0. The average molecular weight is 391 g/mol. The van der Waals surface area contributed by atoms with Crippen molar-refractivity contribution >= 4 is 28.9 Å². The first kappa shape index (κ1) is 19.9. The fourth-order valence-electron chi connectivity index (χ4n) is 2.56. The van der Waals surface area contributed by atoms with Gasteiger partial charge < -0.3 is 20.1 Å². The average Bonchev–Trinajstić information content (AvgIpc) is 2.74. The Balaban J connectivity index is 1.53. The molecule has 2 N–H and O–H groups in total. The van der Waals surface area contributed by atoms with E-state index in [0.29, 0.717) is 22.9 Å². The highest BCUT2D eigenvalue weighted by Gasteiger charge is 2.08. The Kier molecular flexibility index (Phi) is 6.42. The van der Waals surface area contributed by atoms with Crippen molar-refractivity contribution in [3.63, 3.8) is 0 Å². The number of para-hydroxylation sites is 2. The van der Waals surface area contributed by atoms with Gasteiger partial charge in [-0.05, 0) is 55.5 Å². The largest absolute Gasteiger partial charge is 0.493 e. The van der Waals surface area contributed by atoms with E-state index in [2.05, 4.69) is 15.6 Å². The van der Waals surface area contributed by atoms with Gasteiger partial charge in [-0.25, -0.2) is 4.98 Å². The highest BCUT2D eigenvalue weighted by atomic mass is 16.5. The zero-order valence-corrected chi connectivity index (χ0v) is 16.1. The Bertz CT molecular complexity index is 986. The summed E-state index contributed by atoms with van der Waals surface area (Å²) < 4.78 is 10.7. The van der Waals surface area contributed by atoms with Crippen molar-refractivity contribution in [2.45, 2.75) is 6.92 Å². The molecule has 0 saturated heterocycles. The minimum absolute atomic E-state index is 0.0213. The predicted octanol–water partition coefficient (Wildman–Crippen LogP) is 4.05. The number of ether oxygens (including phenoxy) is 2. The van der Waals surface area contributed by atoms with Gasteiger partial charge in [0.05, 0.1) is 19.0 Å². The molecule has 0 aliphatic carbocycles. The summed E-state index contributed by atoms with van der Waals surface area (Å²) in [6, 6.07) is 17.8. The van der Waals surface area contributed by atoms with Crippen LogP contribution in [-0.2, 0) is 4.79 Å². The molecule has 3 aromatic rings. The molecule has 1 aromatic heterocycles. The molecule has 148 valence electrons. The fourth-order valence-corrected chi connectivity index (χ4v) is 2.56. The highest BCUT2D eigenvalue weighted by Crippen LogP contribution is 2.25. The highest BCUT2D eigenvalue weighted by molar-refractivity contribution is 5.94. The lowest BCUT2D eigenvalue weighted by atomic mass is 10.1. The number of anilines is 3. The van der Waals surface area contributed by atoms with Crippen LogP contribution in [0.1, 0.15) is 17.3 Å². The van der Waals surface area contributed by atoms with Crippen molar-refractivity contribution in [2.75, 3.05) is 24.4 Å². The number of nitrogens with one attached hydrogen (secondary N) is 2. The van der Waals surface area contributed by atoms with Crippen LogP contribution in [0.15, 0.2) is 66.9 Å². The molecule has 7 heteroatoms. The van der Waals surface area contributed by atoms with E-state index in [1.807, 2.05) is 18.2 Å². The number of aromatic nitrogens is 1. The summed E-state index contributed by atoms with van der Waals surface area (Å²) in [4.78, 5) is 27.6. The molecule has 0 bridgehead atoms. The van der Waals surface area contributed by atoms with Gasteiger partial charge in [0, 0.05) is 11.3 Å². The predicted molar refractivity (Wildman–Crippen MR) is 111 cm³/mol. The van der Waals surface area contributed by atoms with Crippen LogP contribution in [0.4, 0.5) is 17.2 Å². The van der Waals surface area contributed by atoms with E-state index in [4.69, 9.17) is 9.47 Å². The van der Waals surface area contributed by atoms with E-state index < -0.39 is 0 Å². The second-order valence-corrected chi connectivity index (χ2v) is 6.18. The van der Waals surface area contributed by atoms with Gasteiger partial charge in [0.2, 0.25) is 0 Å². The SMILES string of the molecule is COc1ccccc1OCC(=O)Nc1ccc(Nc2ccc(C(C)=O)cc2)cn1. The number of Topliss-reactive ketones (excluding diaryl/α,β-unsaturated/α-hetero) is 1. The monoisotopic (exact) mass is 391 g/mol. The quantitative estimate of drug-likeness (QED) is 0.563. The van der Waals surface area contributed by atoms with Gasteiger partial charge >= 0.3 is 0 Å². The van der Waals surface area contributed by atoms with Crippen LogP contribution < -0.4 is 20.1 Å². The molecule has 0 spiro atoms. The molecule has 1 amide bonds.